The molecule has 3 heterocycles. The minimum absolute atomic E-state index is 0.0340. The second kappa shape index (κ2) is 7.92. The third kappa shape index (κ3) is 5.03. The molecule has 0 radical (unpaired) electrons. The summed E-state index contributed by atoms with van der Waals surface area (Å²) in [6.07, 6.45) is 9.95. The summed E-state index contributed by atoms with van der Waals surface area (Å²) in [6, 6.07) is 0. The number of piperidine rings is 1. The molecule has 1 aromatic heterocycles. The predicted molar refractivity (Wildman–Crippen MR) is 102 cm³/mol. The van der Waals surface area contributed by atoms with Gasteiger partial charge in [0.25, 0.3) is 0 Å². The summed E-state index contributed by atoms with van der Waals surface area (Å²) >= 11 is 1.05. The summed E-state index contributed by atoms with van der Waals surface area (Å²) < 4.78 is 22.8. The van der Waals surface area contributed by atoms with Crippen molar-refractivity contribution in [2.75, 3.05) is 24.5 Å². The summed E-state index contributed by atoms with van der Waals surface area (Å²) in [4.78, 5) is 18.5. The van der Waals surface area contributed by atoms with E-state index < -0.39 is 10.0 Å². The van der Waals surface area contributed by atoms with Gasteiger partial charge in [0.05, 0.1) is 6.20 Å². The maximum Gasteiger partial charge on any atom is 0.249 e. The van der Waals surface area contributed by atoms with E-state index in [1.54, 1.807) is 0 Å². The second-order valence-electron chi connectivity index (χ2n) is 6.70. The number of aromatic nitrogens is 1. The van der Waals surface area contributed by atoms with E-state index >= 15 is 0 Å². The highest BCUT2D eigenvalue weighted by atomic mass is 32.2. The molecule has 1 saturated heterocycles. The molecule has 2 aliphatic heterocycles. The Morgan fingerprint density at radius 3 is 2.67 bits per heavy atom. The third-order valence-electron chi connectivity index (χ3n) is 4.77. The summed E-state index contributed by atoms with van der Waals surface area (Å²) in [5.74, 6) is 2.56. The van der Waals surface area contributed by atoms with E-state index in [4.69, 9.17) is 11.6 Å². The molecular formula is C16H22N6O3S2. The van der Waals surface area contributed by atoms with Crippen molar-refractivity contribution in [3.05, 3.63) is 6.20 Å². The average Bonchev–Trinajstić information content (AvgIpc) is 3.21. The van der Waals surface area contributed by atoms with Crippen molar-refractivity contribution in [3.63, 3.8) is 0 Å². The molecule has 9 nitrogen and oxygen atoms in total. The molecule has 0 spiro atoms. The largest absolute Gasteiger partial charge is 0.356 e. The lowest BCUT2D eigenvalue weighted by atomic mass is 9.96. The fourth-order valence-corrected chi connectivity index (χ4v) is 4.65. The first-order chi connectivity index (χ1) is 12.8. The Labute approximate surface area is 162 Å². The Balaban J connectivity index is 1.42. The van der Waals surface area contributed by atoms with E-state index in [1.165, 1.54) is 6.20 Å². The van der Waals surface area contributed by atoms with Crippen LogP contribution in [0.5, 0.6) is 0 Å². The van der Waals surface area contributed by atoms with Crippen LogP contribution >= 0.6 is 11.3 Å². The van der Waals surface area contributed by atoms with E-state index in [1.807, 2.05) is 4.90 Å². The molecule has 27 heavy (non-hydrogen) atoms. The summed E-state index contributed by atoms with van der Waals surface area (Å²) in [5, 5.41) is 16.8. The molecule has 1 fully saturated rings. The van der Waals surface area contributed by atoms with Crippen LogP contribution in [0.4, 0.5) is 5.13 Å². The number of hydrogen-bond acceptors (Lipinski definition) is 8. The van der Waals surface area contributed by atoms with E-state index in [2.05, 4.69) is 26.4 Å². The van der Waals surface area contributed by atoms with Crippen LogP contribution < -0.4 is 15.4 Å². The molecule has 3 rings (SSSR count). The van der Waals surface area contributed by atoms with Gasteiger partial charge >= 0.3 is 0 Å². The standard InChI is InChI=1S/C16H22N6O3S2/c1-2-3-6-16(20-21-16)7-8-18-14(23)12-4-9-22(10-5-12)15-19-11-13(26-15)27(17,24)25/h1,11-12H,3-10H2,(H,18,23)(H2,17,24,25). The fraction of sp³-hybridized carbons (Fsp3) is 0.625. The SMILES string of the molecule is C#CCCC1(CCNC(=O)C2CCN(c3ncc(S(N)(=O)=O)s3)CC2)N=N1. The van der Waals surface area contributed by atoms with Gasteiger partial charge in [0.2, 0.25) is 15.9 Å². The normalized spacial score (nSPS) is 18.9. The van der Waals surface area contributed by atoms with Crippen molar-refractivity contribution in [2.45, 2.75) is 42.0 Å². The number of nitrogens with one attached hydrogen (secondary N) is 1. The number of anilines is 1. The number of nitrogens with zero attached hydrogens (tertiary/aromatic N) is 4. The maximum absolute atomic E-state index is 12.4. The number of primary sulfonamides is 1. The van der Waals surface area contributed by atoms with Crippen LogP contribution in [0.25, 0.3) is 0 Å². The number of thiazole rings is 1. The van der Waals surface area contributed by atoms with E-state index in [9.17, 15) is 13.2 Å². The quantitative estimate of drug-likeness (QED) is 0.620. The van der Waals surface area contributed by atoms with Crippen LogP contribution in [-0.2, 0) is 14.8 Å². The van der Waals surface area contributed by atoms with Crippen molar-refractivity contribution in [2.24, 2.45) is 21.3 Å². The zero-order valence-corrected chi connectivity index (χ0v) is 16.4. The van der Waals surface area contributed by atoms with Crippen LogP contribution in [0.1, 0.15) is 32.1 Å². The second-order valence-corrected chi connectivity index (χ2v) is 9.49. The van der Waals surface area contributed by atoms with Crippen molar-refractivity contribution in [1.29, 1.82) is 0 Å². The topological polar surface area (TPSA) is 130 Å². The Morgan fingerprint density at radius 1 is 1.41 bits per heavy atom. The van der Waals surface area contributed by atoms with Gasteiger partial charge in [-0.25, -0.2) is 18.5 Å². The number of carbonyl (C=O) groups is 1. The lowest BCUT2D eigenvalue weighted by Gasteiger charge is -2.31. The van der Waals surface area contributed by atoms with Crippen LogP contribution in [0.2, 0.25) is 0 Å². The van der Waals surface area contributed by atoms with Crippen molar-refractivity contribution in [1.82, 2.24) is 10.3 Å². The number of rotatable bonds is 8. The Kier molecular flexibility index (Phi) is 5.78. The van der Waals surface area contributed by atoms with Crippen LogP contribution in [0, 0.1) is 18.3 Å². The molecule has 0 atom stereocenters. The van der Waals surface area contributed by atoms with Crippen molar-refractivity contribution >= 4 is 32.4 Å². The minimum atomic E-state index is -3.73. The van der Waals surface area contributed by atoms with Crippen LogP contribution in [0.3, 0.4) is 0 Å². The number of amides is 1. The molecule has 3 N–H and O–H groups in total. The number of sulfonamides is 1. The highest BCUT2D eigenvalue weighted by Crippen LogP contribution is 2.36. The maximum atomic E-state index is 12.4. The van der Waals surface area contributed by atoms with Crippen molar-refractivity contribution < 1.29 is 13.2 Å². The van der Waals surface area contributed by atoms with Gasteiger partial charge in [-0.1, -0.05) is 11.3 Å². The molecular weight excluding hydrogens is 388 g/mol. The van der Waals surface area contributed by atoms with Gasteiger partial charge < -0.3 is 10.2 Å². The first kappa shape index (κ1) is 19.7. The molecule has 1 aromatic rings. The molecule has 146 valence electrons. The summed E-state index contributed by atoms with van der Waals surface area (Å²) in [5.41, 5.74) is -0.380. The van der Waals surface area contributed by atoms with E-state index in [0.29, 0.717) is 50.4 Å². The molecule has 0 unspecified atom stereocenters. The van der Waals surface area contributed by atoms with Gasteiger partial charge in [-0.15, -0.1) is 12.3 Å². The highest BCUT2D eigenvalue weighted by molar-refractivity contribution is 7.91. The molecule has 0 saturated carbocycles. The molecule has 0 aliphatic carbocycles. The Morgan fingerprint density at radius 2 is 2.11 bits per heavy atom. The number of hydrogen-bond donors (Lipinski definition) is 2. The van der Waals surface area contributed by atoms with Crippen molar-refractivity contribution in [3.8, 4) is 12.3 Å². The van der Waals surface area contributed by atoms with Gasteiger partial charge in [-0.05, 0) is 12.8 Å². The highest BCUT2D eigenvalue weighted by Gasteiger charge is 2.38. The monoisotopic (exact) mass is 410 g/mol. The first-order valence-corrected chi connectivity index (χ1v) is 11.1. The Hall–Kier alpha value is -2.03. The predicted octanol–water partition coefficient (Wildman–Crippen LogP) is 1.09. The third-order valence-corrected chi connectivity index (χ3v) is 7.23. The van der Waals surface area contributed by atoms with Gasteiger partial charge in [0.15, 0.2) is 15.0 Å². The van der Waals surface area contributed by atoms with Gasteiger partial charge in [-0.2, -0.15) is 10.2 Å². The Bertz CT molecular complexity index is 859. The molecule has 0 aromatic carbocycles. The minimum Gasteiger partial charge on any atom is -0.356 e. The van der Waals surface area contributed by atoms with E-state index in [-0.39, 0.29) is 21.7 Å². The zero-order valence-electron chi connectivity index (χ0n) is 14.8. The van der Waals surface area contributed by atoms with E-state index in [0.717, 1.165) is 17.8 Å². The van der Waals surface area contributed by atoms with Gasteiger partial charge in [-0.3, -0.25) is 4.79 Å². The van der Waals surface area contributed by atoms with Gasteiger partial charge in [0.1, 0.15) is 0 Å². The molecule has 11 heteroatoms. The molecule has 2 aliphatic rings. The smallest absolute Gasteiger partial charge is 0.249 e. The first-order valence-electron chi connectivity index (χ1n) is 8.72. The summed E-state index contributed by atoms with van der Waals surface area (Å²) in [7, 11) is -3.73. The lowest BCUT2D eigenvalue weighted by molar-refractivity contribution is -0.125. The molecule has 0 bridgehead atoms. The van der Waals surface area contributed by atoms with Gasteiger partial charge in [0, 0.05) is 44.8 Å². The summed E-state index contributed by atoms with van der Waals surface area (Å²) in [6.45, 7) is 1.82. The number of nitrogens with two attached hydrogens (primary N) is 1. The lowest BCUT2D eigenvalue weighted by Crippen LogP contribution is -2.41. The van der Waals surface area contributed by atoms with Crippen LogP contribution in [0.15, 0.2) is 20.6 Å². The number of terminal acetylenes is 1. The molecule has 1 amide bonds. The fourth-order valence-electron chi connectivity index (χ4n) is 3.06. The number of carbonyl (C=O) groups excluding carboxylic acids is 1. The zero-order chi connectivity index (χ0) is 19.5. The average molecular weight is 411 g/mol. The van der Waals surface area contributed by atoms with Crippen LogP contribution in [-0.4, -0.2) is 44.6 Å².